The minimum Gasteiger partial charge on any atom is -0.297 e. The predicted octanol–water partition coefficient (Wildman–Crippen LogP) is 4.13. The van der Waals surface area contributed by atoms with Crippen molar-refractivity contribution >= 4 is 33.6 Å². The van der Waals surface area contributed by atoms with Gasteiger partial charge in [-0.25, -0.2) is 4.39 Å². The van der Waals surface area contributed by atoms with Gasteiger partial charge in [-0.1, -0.05) is 15.9 Å². The lowest BCUT2D eigenvalue weighted by atomic mass is 10.2. The first-order valence-electron chi connectivity index (χ1n) is 4.21. The fourth-order valence-corrected chi connectivity index (χ4v) is 2.43. The Balaban J connectivity index is 2.49. The fourth-order valence-electron chi connectivity index (χ4n) is 1.25. The molecule has 0 N–H and O–H groups in total. The van der Waals surface area contributed by atoms with Crippen LogP contribution in [0.5, 0.6) is 0 Å². The SMILES string of the molecule is O=Cc1ccc(-c2ccc(Br)cc2F)s1. The minimum atomic E-state index is -0.288. The number of hydrogen-bond donors (Lipinski definition) is 0. The van der Waals surface area contributed by atoms with Gasteiger partial charge >= 0.3 is 0 Å². The highest BCUT2D eigenvalue weighted by atomic mass is 79.9. The second-order valence-corrected chi connectivity index (χ2v) is 4.98. The van der Waals surface area contributed by atoms with Gasteiger partial charge in [-0.05, 0) is 30.3 Å². The topological polar surface area (TPSA) is 17.1 Å². The van der Waals surface area contributed by atoms with Crippen molar-refractivity contribution in [3.05, 3.63) is 45.5 Å². The smallest absolute Gasteiger partial charge is 0.160 e. The van der Waals surface area contributed by atoms with Gasteiger partial charge in [0.1, 0.15) is 5.82 Å². The lowest BCUT2D eigenvalue weighted by molar-refractivity contribution is 0.112. The van der Waals surface area contributed by atoms with Gasteiger partial charge < -0.3 is 0 Å². The van der Waals surface area contributed by atoms with E-state index in [-0.39, 0.29) is 5.82 Å². The molecule has 0 spiro atoms. The van der Waals surface area contributed by atoms with Crippen LogP contribution in [0, 0.1) is 5.82 Å². The van der Waals surface area contributed by atoms with Crippen molar-refractivity contribution in [1.29, 1.82) is 0 Å². The number of rotatable bonds is 2. The predicted molar refractivity (Wildman–Crippen MR) is 62.8 cm³/mol. The molecule has 0 unspecified atom stereocenters. The van der Waals surface area contributed by atoms with E-state index in [0.29, 0.717) is 14.9 Å². The summed E-state index contributed by atoms with van der Waals surface area (Å²) in [5.41, 5.74) is 0.524. The second-order valence-electron chi connectivity index (χ2n) is 2.94. The van der Waals surface area contributed by atoms with E-state index in [4.69, 9.17) is 0 Å². The molecule has 15 heavy (non-hydrogen) atoms. The molecule has 76 valence electrons. The zero-order chi connectivity index (χ0) is 10.8. The number of aldehydes is 1. The van der Waals surface area contributed by atoms with Crippen LogP contribution in [0.2, 0.25) is 0 Å². The number of benzene rings is 1. The van der Waals surface area contributed by atoms with Crippen molar-refractivity contribution in [2.75, 3.05) is 0 Å². The lowest BCUT2D eigenvalue weighted by Gasteiger charge is -1.99. The third-order valence-electron chi connectivity index (χ3n) is 1.94. The molecule has 0 fully saturated rings. The summed E-state index contributed by atoms with van der Waals surface area (Å²) in [6.07, 6.45) is 0.769. The molecule has 2 rings (SSSR count). The molecule has 1 heterocycles. The Morgan fingerprint density at radius 2 is 2.07 bits per heavy atom. The average molecular weight is 285 g/mol. The Hall–Kier alpha value is -1.00. The first-order valence-corrected chi connectivity index (χ1v) is 5.82. The van der Waals surface area contributed by atoms with Crippen LogP contribution in [-0.4, -0.2) is 6.29 Å². The molecule has 4 heteroatoms. The molecule has 0 saturated heterocycles. The van der Waals surface area contributed by atoms with E-state index in [1.165, 1.54) is 17.4 Å². The maximum atomic E-state index is 13.5. The summed E-state index contributed by atoms with van der Waals surface area (Å²) in [4.78, 5) is 11.9. The van der Waals surface area contributed by atoms with E-state index in [9.17, 15) is 9.18 Å². The summed E-state index contributed by atoms with van der Waals surface area (Å²) >= 11 is 4.48. The van der Waals surface area contributed by atoms with E-state index in [2.05, 4.69) is 15.9 Å². The molecule has 0 atom stereocenters. The van der Waals surface area contributed by atoms with Crippen molar-refractivity contribution in [1.82, 2.24) is 0 Å². The Labute approximate surface area is 98.7 Å². The highest BCUT2D eigenvalue weighted by Crippen LogP contribution is 2.30. The van der Waals surface area contributed by atoms with Gasteiger partial charge in [-0.2, -0.15) is 0 Å². The Bertz CT molecular complexity index is 507. The van der Waals surface area contributed by atoms with Gasteiger partial charge in [0, 0.05) is 14.9 Å². The van der Waals surface area contributed by atoms with Crippen LogP contribution >= 0.6 is 27.3 Å². The quantitative estimate of drug-likeness (QED) is 0.758. The molecule has 0 radical (unpaired) electrons. The van der Waals surface area contributed by atoms with E-state index < -0.39 is 0 Å². The molecule has 0 aliphatic rings. The Kier molecular flexibility index (Phi) is 2.98. The standard InChI is InChI=1S/C11H6BrFOS/c12-7-1-3-9(10(13)5-7)11-4-2-8(6-14)15-11/h1-6H. The highest BCUT2D eigenvalue weighted by Gasteiger charge is 2.07. The van der Waals surface area contributed by atoms with Gasteiger partial charge in [-0.15, -0.1) is 11.3 Å². The fraction of sp³-hybridized carbons (Fsp3) is 0. The maximum Gasteiger partial charge on any atom is 0.160 e. The third-order valence-corrected chi connectivity index (χ3v) is 3.48. The van der Waals surface area contributed by atoms with Crippen LogP contribution in [0.25, 0.3) is 10.4 Å². The molecule has 1 nitrogen and oxygen atoms in total. The van der Waals surface area contributed by atoms with Gasteiger partial charge in [0.2, 0.25) is 0 Å². The summed E-state index contributed by atoms with van der Waals surface area (Å²) in [5, 5.41) is 0. The molecule has 0 amide bonds. The van der Waals surface area contributed by atoms with Crippen LogP contribution < -0.4 is 0 Å². The van der Waals surface area contributed by atoms with E-state index >= 15 is 0 Å². The Morgan fingerprint density at radius 1 is 1.27 bits per heavy atom. The van der Waals surface area contributed by atoms with Crippen molar-refractivity contribution in [3.8, 4) is 10.4 Å². The Morgan fingerprint density at radius 3 is 2.67 bits per heavy atom. The monoisotopic (exact) mass is 284 g/mol. The molecule has 2 aromatic rings. The van der Waals surface area contributed by atoms with Crippen LogP contribution in [0.1, 0.15) is 9.67 Å². The number of halogens is 2. The van der Waals surface area contributed by atoms with Crippen LogP contribution in [-0.2, 0) is 0 Å². The highest BCUT2D eigenvalue weighted by molar-refractivity contribution is 9.10. The summed E-state index contributed by atoms with van der Waals surface area (Å²) in [6.45, 7) is 0. The molecule has 1 aromatic carbocycles. The van der Waals surface area contributed by atoms with Crippen LogP contribution in [0.15, 0.2) is 34.8 Å². The van der Waals surface area contributed by atoms with Crippen molar-refractivity contribution < 1.29 is 9.18 Å². The molecular formula is C11H6BrFOS. The third kappa shape index (κ3) is 2.16. The van der Waals surface area contributed by atoms with E-state index in [1.54, 1.807) is 24.3 Å². The summed E-state index contributed by atoms with van der Waals surface area (Å²) in [5.74, 6) is -0.288. The molecule has 0 bridgehead atoms. The zero-order valence-corrected chi connectivity index (χ0v) is 9.94. The van der Waals surface area contributed by atoms with Gasteiger partial charge in [0.15, 0.2) is 6.29 Å². The lowest BCUT2D eigenvalue weighted by Crippen LogP contribution is -1.80. The molecule has 0 aliphatic heterocycles. The van der Waals surface area contributed by atoms with Crippen molar-refractivity contribution in [2.45, 2.75) is 0 Å². The molecule has 1 aromatic heterocycles. The molecular weight excluding hydrogens is 279 g/mol. The minimum absolute atomic E-state index is 0.288. The molecule has 0 saturated carbocycles. The van der Waals surface area contributed by atoms with Crippen LogP contribution in [0.3, 0.4) is 0 Å². The first kappa shape index (κ1) is 10.5. The van der Waals surface area contributed by atoms with Gasteiger partial charge in [0.05, 0.1) is 4.88 Å². The van der Waals surface area contributed by atoms with Crippen molar-refractivity contribution in [2.24, 2.45) is 0 Å². The number of hydrogen-bond acceptors (Lipinski definition) is 2. The summed E-state index contributed by atoms with van der Waals surface area (Å²) < 4.78 is 14.2. The second kappa shape index (κ2) is 4.24. The normalized spacial score (nSPS) is 10.3. The molecule has 0 aliphatic carbocycles. The first-order chi connectivity index (χ1) is 7.20. The largest absolute Gasteiger partial charge is 0.297 e. The number of carbonyl (C=O) groups excluding carboxylic acids is 1. The van der Waals surface area contributed by atoms with Crippen LogP contribution in [0.4, 0.5) is 4.39 Å². The zero-order valence-electron chi connectivity index (χ0n) is 7.54. The van der Waals surface area contributed by atoms with E-state index in [0.717, 1.165) is 11.2 Å². The average Bonchev–Trinajstić information content (AvgIpc) is 2.66. The number of thiophene rings is 1. The van der Waals surface area contributed by atoms with Gasteiger partial charge in [0.25, 0.3) is 0 Å². The maximum absolute atomic E-state index is 13.5. The number of carbonyl (C=O) groups is 1. The van der Waals surface area contributed by atoms with E-state index in [1.807, 2.05) is 0 Å². The summed E-state index contributed by atoms with van der Waals surface area (Å²) in [7, 11) is 0. The summed E-state index contributed by atoms with van der Waals surface area (Å²) in [6, 6.07) is 8.32. The van der Waals surface area contributed by atoms with Gasteiger partial charge in [-0.3, -0.25) is 4.79 Å². The van der Waals surface area contributed by atoms with Crippen molar-refractivity contribution in [3.63, 3.8) is 0 Å².